The van der Waals surface area contributed by atoms with Gasteiger partial charge in [-0.3, -0.25) is 4.98 Å². The highest BCUT2D eigenvalue weighted by molar-refractivity contribution is 6.31. The van der Waals surface area contributed by atoms with Gasteiger partial charge in [0.2, 0.25) is 0 Å². The summed E-state index contributed by atoms with van der Waals surface area (Å²) in [6.45, 7) is 6.24. The number of fused-ring (bicyclic) bond motifs is 1. The minimum Gasteiger partial charge on any atom is -0.371 e. The molecule has 4 rings (SSSR count). The number of rotatable bonds is 3. The quantitative estimate of drug-likeness (QED) is 0.841. The Morgan fingerprint density at radius 2 is 1.83 bits per heavy atom. The van der Waals surface area contributed by atoms with Gasteiger partial charge in [0.15, 0.2) is 0 Å². The summed E-state index contributed by atoms with van der Waals surface area (Å²) in [5.74, 6) is 0.867. The molecule has 23 heavy (non-hydrogen) atoms. The zero-order valence-electron chi connectivity index (χ0n) is 13.5. The molecule has 0 radical (unpaired) electrons. The van der Waals surface area contributed by atoms with E-state index in [0.29, 0.717) is 0 Å². The Kier molecular flexibility index (Phi) is 4.41. The second-order valence-electron chi connectivity index (χ2n) is 6.93. The van der Waals surface area contributed by atoms with Crippen LogP contribution in [0.4, 0.5) is 5.69 Å². The molecule has 0 bridgehead atoms. The van der Waals surface area contributed by atoms with Gasteiger partial charge in [0.25, 0.3) is 0 Å². The van der Waals surface area contributed by atoms with E-state index in [9.17, 15) is 0 Å². The van der Waals surface area contributed by atoms with Crippen molar-refractivity contribution in [3.05, 3.63) is 35.5 Å². The number of pyridine rings is 1. The van der Waals surface area contributed by atoms with Crippen LogP contribution in [0.25, 0.3) is 10.9 Å². The first kappa shape index (κ1) is 15.2. The predicted octanol–water partition coefficient (Wildman–Crippen LogP) is 4.20. The summed E-state index contributed by atoms with van der Waals surface area (Å²) in [5, 5.41) is 1.97. The summed E-state index contributed by atoms with van der Waals surface area (Å²) in [7, 11) is 0. The Morgan fingerprint density at radius 1 is 1.04 bits per heavy atom. The first-order valence-corrected chi connectivity index (χ1v) is 9.19. The normalized spacial score (nSPS) is 20.5. The van der Waals surface area contributed by atoms with Crippen LogP contribution in [0.5, 0.6) is 0 Å². The Hall–Kier alpha value is -1.32. The Morgan fingerprint density at radius 3 is 2.61 bits per heavy atom. The van der Waals surface area contributed by atoms with Crippen LogP contribution in [0.1, 0.15) is 25.7 Å². The lowest BCUT2D eigenvalue weighted by Gasteiger charge is -2.35. The molecule has 0 unspecified atom stereocenters. The highest BCUT2D eigenvalue weighted by Crippen LogP contribution is 2.31. The summed E-state index contributed by atoms with van der Waals surface area (Å²) in [6, 6.07) is 8.18. The maximum atomic E-state index is 6.10. The van der Waals surface area contributed by atoms with Crippen LogP contribution in [-0.2, 0) is 0 Å². The standard InChI is InChI=1S/C19H24ClN3/c20-16-3-4-17-18(13-16)21-8-5-19(17)23-11-6-15(7-12-23)14-22-9-1-2-10-22/h3-5,8,13,15H,1-2,6-7,9-12,14H2. The van der Waals surface area contributed by atoms with Crippen LogP contribution in [0, 0.1) is 5.92 Å². The fourth-order valence-corrected chi connectivity index (χ4v) is 4.24. The molecule has 2 saturated heterocycles. The summed E-state index contributed by atoms with van der Waals surface area (Å²) >= 11 is 6.10. The fourth-order valence-electron chi connectivity index (χ4n) is 4.07. The molecule has 0 aliphatic carbocycles. The van der Waals surface area contributed by atoms with E-state index in [2.05, 4.69) is 26.9 Å². The number of nitrogens with zero attached hydrogens (tertiary/aromatic N) is 3. The van der Waals surface area contributed by atoms with Gasteiger partial charge in [-0.1, -0.05) is 11.6 Å². The van der Waals surface area contributed by atoms with Crippen LogP contribution in [0.15, 0.2) is 30.5 Å². The molecule has 1 aromatic carbocycles. The van der Waals surface area contributed by atoms with Crippen LogP contribution in [-0.4, -0.2) is 42.6 Å². The number of hydrogen-bond acceptors (Lipinski definition) is 3. The third-order valence-corrected chi connectivity index (χ3v) is 5.59. The maximum Gasteiger partial charge on any atom is 0.0737 e. The zero-order chi connectivity index (χ0) is 15.6. The number of aromatic nitrogens is 1. The van der Waals surface area contributed by atoms with Crippen LogP contribution < -0.4 is 4.90 Å². The largest absolute Gasteiger partial charge is 0.371 e. The van der Waals surface area contributed by atoms with Crippen LogP contribution >= 0.6 is 11.6 Å². The van der Waals surface area contributed by atoms with Gasteiger partial charge in [-0.05, 0) is 69.0 Å². The fraction of sp³-hybridized carbons (Fsp3) is 0.526. The number of benzene rings is 1. The van der Waals surface area contributed by atoms with E-state index < -0.39 is 0 Å². The van der Waals surface area contributed by atoms with Crippen molar-refractivity contribution in [2.75, 3.05) is 37.6 Å². The highest BCUT2D eigenvalue weighted by Gasteiger charge is 2.23. The smallest absolute Gasteiger partial charge is 0.0737 e. The average molecular weight is 330 g/mol. The van der Waals surface area contributed by atoms with Gasteiger partial charge in [0, 0.05) is 41.9 Å². The second kappa shape index (κ2) is 6.66. The van der Waals surface area contributed by atoms with E-state index in [-0.39, 0.29) is 0 Å². The summed E-state index contributed by atoms with van der Waals surface area (Å²) in [6.07, 6.45) is 7.29. The van der Waals surface area contributed by atoms with Gasteiger partial charge in [0.05, 0.1) is 5.52 Å². The van der Waals surface area contributed by atoms with Crippen molar-refractivity contribution in [1.82, 2.24) is 9.88 Å². The Labute approximate surface area is 143 Å². The molecule has 0 atom stereocenters. The van der Waals surface area contributed by atoms with Crippen molar-refractivity contribution in [2.45, 2.75) is 25.7 Å². The molecule has 2 aliphatic heterocycles. The molecule has 3 nitrogen and oxygen atoms in total. The highest BCUT2D eigenvalue weighted by atomic mass is 35.5. The topological polar surface area (TPSA) is 19.4 Å². The molecule has 2 aromatic rings. The van der Waals surface area contributed by atoms with Gasteiger partial charge in [-0.25, -0.2) is 0 Å². The van der Waals surface area contributed by atoms with E-state index in [0.717, 1.165) is 29.5 Å². The molecular weight excluding hydrogens is 306 g/mol. The van der Waals surface area contributed by atoms with E-state index in [4.69, 9.17) is 11.6 Å². The summed E-state index contributed by atoms with van der Waals surface area (Å²) in [5.41, 5.74) is 2.31. The van der Waals surface area contributed by atoms with E-state index >= 15 is 0 Å². The molecule has 3 heterocycles. The lowest BCUT2D eigenvalue weighted by atomic mass is 9.95. The molecule has 0 amide bonds. The van der Waals surface area contributed by atoms with Gasteiger partial charge >= 0.3 is 0 Å². The third-order valence-electron chi connectivity index (χ3n) is 5.35. The van der Waals surface area contributed by atoms with E-state index in [1.165, 1.54) is 56.4 Å². The molecule has 122 valence electrons. The van der Waals surface area contributed by atoms with Crippen molar-refractivity contribution < 1.29 is 0 Å². The molecule has 2 fully saturated rings. The SMILES string of the molecule is Clc1ccc2c(N3CCC(CN4CCCC4)CC3)ccnc2c1. The third kappa shape index (κ3) is 3.31. The predicted molar refractivity (Wildman–Crippen MR) is 97.4 cm³/mol. The number of anilines is 1. The minimum atomic E-state index is 0.756. The lowest BCUT2D eigenvalue weighted by Crippen LogP contribution is -2.38. The Balaban J connectivity index is 1.46. The van der Waals surface area contributed by atoms with Crippen molar-refractivity contribution in [1.29, 1.82) is 0 Å². The summed E-state index contributed by atoms with van der Waals surface area (Å²) < 4.78 is 0. The molecule has 0 spiro atoms. The van der Waals surface area contributed by atoms with Crippen molar-refractivity contribution in [3.63, 3.8) is 0 Å². The van der Waals surface area contributed by atoms with E-state index in [1.807, 2.05) is 18.3 Å². The molecule has 0 saturated carbocycles. The lowest BCUT2D eigenvalue weighted by molar-refractivity contribution is 0.249. The van der Waals surface area contributed by atoms with Gasteiger partial charge in [-0.2, -0.15) is 0 Å². The van der Waals surface area contributed by atoms with Crippen molar-refractivity contribution in [3.8, 4) is 0 Å². The first-order valence-electron chi connectivity index (χ1n) is 8.81. The number of hydrogen-bond donors (Lipinski definition) is 0. The minimum absolute atomic E-state index is 0.756. The first-order chi connectivity index (χ1) is 11.3. The molecular formula is C19H24ClN3. The Bertz CT molecular complexity index is 673. The number of halogens is 1. The van der Waals surface area contributed by atoms with Crippen LogP contribution in [0.2, 0.25) is 5.02 Å². The average Bonchev–Trinajstić information content (AvgIpc) is 3.08. The summed E-state index contributed by atoms with van der Waals surface area (Å²) in [4.78, 5) is 9.65. The maximum absolute atomic E-state index is 6.10. The molecule has 4 heteroatoms. The molecule has 1 aromatic heterocycles. The number of likely N-dealkylation sites (tertiary alicyclic amines) is 1. The molecule has 2 aliphatic rings. The van der Waals surface area contributed by atoms with Gasteiger partial charge < -0.3 is 9.80 Å². The van der Waals surface area contributed by atoms with Crippen molar-refractivity contribution in [2.24, 2.45) is 5.92 Å². The van der Waals surface area contributed by atoms with Gasteiger partial charge in [0.1, 0.15) is 0 Å². The second-order valence-corrected chi connectivity index (χ2v) is 7.37. The van der Waals surface area contributed by atoms with E-state index in [1.54, 1.807) is 0 Å². The monoisotopic (exact) mass is 329 g/mol. The van der Waals surface area contributed by atoms with Crippen LogP contribution in [0.3, 0.4) is 0 Å². The van der Waals surface area contributed by atoms with Crippen molar-refractivity contribution >= 4 is 28.2 Å². The number of piperidine rings is 1. The zero-order valence-corrected chi connectivity index (χ0v) is 14.3. The molecule has 0 N–H and O–H groups in total. The van der Waals surface area contributed by atoms with Gasteiger partial charge in [-0.15, -0.1) is 0 Å².